The monoisotopic (exact) mass is 331 g/mol. The third-order valence-corrected chi connectivity index (χ3v) is 4.56. The second-order valence-corrected chi connectivity index (χ2v) is 6.33. The van der Waals surface area contributed by atoms with Crippen LogP contribution in [0.3, 0.4) is 0 Å². The standard InChI is InChI=1S/C18H25N3OS/c1-4-15(5-2)22-16-9-8-14(11-13(16)12-20-3)21-18(19)17-7-6-10-23-17/h6-11,15,20H,4-5,12H2,1-3H3,(H2,19,21). The molecule has 0 radical (unpaired) electrons. The van der Waals surface area contributed by atoms with Gasteiger partial charge >= 0.3 is 0 Å². The lowest BCUT2D eigenvalue weighted by atomic mass is 10.1. The Kier molecular flexibility index (Phi) is 6.62. The third kappa shape index (κ3) is 4.81. The van der Waals surface area contributed by atoms with E-state index in [9.17, 15) is 0 Å². The maximum Gasteiger partial charge on any atom is 0.140 e. The number of ether oxygens (including phenoxy) is 1. The third-order valence-electron chi connectivity index (χ3n) is 3.67. The SMILES string of the molecule is CCC(CC)Oc1ccc(NC(=N)c2cccs2)cc1CNC. The zero-order valence-electron chi connectivity index (χ0n) is 14.0. The van der Waals surface area contributed by atoms with Crippen molar-refractivity contribution in [2.24, 2.45) is 0 Å². The van der Waals surface area contributed by atoms with Crippen molar-refractivity contribution in [1.29, 1.82) is 5.41 Å². The molecule has 0 unspecified atom stereocenters. The predicted octanol–water partition coefficient (Wildman–Crippen LogP) is 4.47. The van der Waals surface area contributed by atoms with Crippen LogP contribution in [0.5, 0.6) is 5.75 Å². The van der Waals surface area contributed by atoms with Gasteiger partial charge in [-0.25, -0.2) is 0 Å². The molecule has 4 nitrogen and oxygen atoms in total. The van der Waals surface area contributed by atoms with Gasteiger partial charge in [0.05, 0.1) is 11.0 Å². The Morgan fingerprint density at radius 1 is 1.26 bits per heavy atom. The molecular weight excluding hydrogens is 306 g/mol. The summed E-state index contributed by atoms with van der Waals surface area (Å²) in [6, 6.07) is 9.92. The number of rotatable bonds is 8. The van der Waals surface area contributed by atoms with Crippen molar-refractivity contribution in [1.82, 2.24) is 5.32 Å². The van der Waals surface area contributed by atoms with Crippen molar-refractivity contribution in [3.63, 3.8) is 0 Å². The minimum absolute atomic E-state index is 0.244. The van der Waals surface area contributed by atoms with Crippen LogP contribution in [-0.4, -0.2) is 19.0 Å². The number of nitrogens with one attached hydrogen (secondary N) is 3. The maximum atomic E-state index is 8.14. The van der Waals surface area contributed by atoms with E-state index in [1.165, 1.54) is 0 Å². The van der Waals surface area contributed by atoms with Gasteiger partial charge in [0, 0.05) is 17.8 Å². The molecule has 0 fully saturated rings. The topological polar surface area (TPSA) is 57.1 Å². The van der Waals surface area contributed by atoms with Crippen molar-refractivity contribution >= 4 is 22.9 Å². The summed E-state index contributed by atoms with van der Waals surface area (Å²) in [4.78, 5) is 0.928. The van der Waals surface area contributed by atoms with Crippen molar-refractivity contribution in [2.45, 2.75) is 39.3 Å². The van der Waals surface area contributed by atoms with Crippen molar-refractivity contribution in [3.8, 4) is 5.75 Å². The predicted molar refractivity (Wildman–Crippen MR) is 99.0 cm³/mol. The van der Waals surface area contributed by atoms with E-state index in [1.54, 1.807) is 11.3 Å². The second kappa shape index (κ2) is 8.70. The molecule has 0 spiro atoms. The van der Waals surface area contributed by atoms with Gasteiger partial charge < -0.3 is 15.4 Å². The van der Waals surface area contributed by atoms with Gasteiger partial charge in [-0.05, 0) is 49.5 Å². The van der Waals surface area contributed by atoms with Crippen molar-refractivity contribution in [2.75, 3.05) is 12.4 Å². The van der Waals surface area contributed by atoms with E-state index in [1.807, 2.05) is 36.7 Å². The van der Waals surface area contributed by atoms with E-state index in [0.29, 0.717) is 5.84 Å². The Labute approximate surface area is 142 Å². The minimum atomic E-state index is 0.244. The fourth-order valence-electron chi connectivity index (χ4n) is 2.36. The van der Waals surface area contributed by atoms with E-state index in [4.69, 9.17) is 10.1 Å². The molecule has 124 valence electrons. The van der Waals surface area contributed by atoms with Crippen LogP contribution < -0.4 is 15.4 Å². The summed E-state index contributed by atoms with van der Waals surface area (Å²) >= 11 is 1.56. The lowest BCUT2D eigenvalue weighted by Crippen LogP contribution is -2.17. The van der Waals surface area contributed by atoms with Gasteiger partial charge in [0.15, 0.2) is 0 Å². The number of hydrogen-bond acceptors (Lipinski definition) is 4. The molecule has 0 saturated heterocycles. The molecule has 0 aliphatic rings. The van der Waals surface area contributed by atoms with Gasteiger partial charge in [-0.3, -0.25) is 5.41 Å². The normalized spacial score (nSPS) is 10.8. The summed E-state index contributed by atoms with van der Waals surface area (Å²) < 4.78 is 6.11. The highest BCUT2D eigenvalue weighted by atomic mass is 32.1. The van der Waals surface area contributed by atoms with Crippen LogP contribution in [0.4, 0.5) is 5.69 Å². The molecule has 2 aromatic rings. The van der Waals surface area contributed by atoms with E-state index in [-0.39, 0.29) is 6.10 Å². The first-order valence-corrected chi connectivity index (χ1v) is 8.89. The van der Waals surface area contributed by atoms with Crippen LogP contribution in [0, 0.1) is 5.41 Å². The molecule has 5 heteroatoms. The van der Waals surface area contributed by atoms with Crippen molar-refractivity contribution < 1.29 is 4.74 Å². The molecule has 0 amide bonds. The first-order chi connectivity index (χ1) is 11.2. The molecule has 0 aliphatic carbocycles. The van der Waals surface area contributed by atoms with E-state index < -0.39 is 0 Å². The zero-order chi connectivity index (χ0) is 16.7. The highest BCUT2D eigenvalue weighted by molar-refractivity contribution is 7.12. The Morgan fingerprint density at radius 3 is 2.65 bits per heavy atom. The molecule has 0 atom stereocenters. The second-order valence-electron chi connectivity index (χ2n) is 5.39. The molecule has 0 bridgehead atoms. The largest absolute Gasteiger partial charge is 0.490 e. The average molecular weight is 331 g/mol. The Morgan fingerprint density at radius 2 is 2.04 bits per heavy atom. The summed E-state index contributed by atoms with van der Waals surface area (Å²) in [5.41, 5.74) is 2.01. The molecule has 23 heavy (non-hydrogen) atoms. The molecule has 1 aromatic carbocycles. The van der Waals surface area contributed by atoms with E-state index in [0.717, 1.165) is 41.3 Å². The number of amidine groups is 1. The van der Waals surface area contributed by atoms with Crippen LogP contribution in [0.25, 0.3) is 0 Å². The summed E-state index contributed by atoms with van der Waals surface area (Å²) in [6.07, 6.45) is 2.24. The Balaban J connectivity index is 2.16. The minimum Gasteiger partial charge on any atom is -0.490 e. The van der Waals surface area contributed by atoms with E-state index >= 15 is 0 Å². The van der Waals surface area contributed by atoms with Gasteiger partial charge in [0.25, 0.3) is 0 Å². The van der Waals surface area contributed by atoms with Crippen molar-refractivity contribution in [3.05, 3.63) is 46.2 Å². The summed E-state index contributed by atoms with van der Waals surface area (Å²) in [5, 5.41) is 16.5. The average Bonchev–Trinajstić information content (AvgIpc) is 3.09. The molecule has 0 aliphatic heterocycles. The highest BCUT2D eigenvalue weighted by Gasteiger charge is 2.11. The maximum absolute atomic E-state index is 8.14. The van der Waals surface area contributed by atoms with E-state index in [2.05, 4.69) is 30.5 Å². The summed E-state index contributed by atoms with van der Waals surface area (Å²) in [6.45, 7) is 5.02. The summed E-state index contributed by atoms with van der Waals surface area (Å²) in [7, 11) is 1.93. The smallest absolute Gasteiger partial charge is 0.140 e. The molecule has 1 aromatic heterocycles. The Hall–Kier alpha value is -1.85. The number of anilines is 1. The summed E-state index contributed by atoms with van der Waals surface area (Å²) in [5.74, 6) is 1.34. The van der Waals surface area contributed by atoms with Crippen LogP contribution in [0.2, 0.25) is 0 Å². The van der Waals surface area contributed by atoms with Gasteiger partial charge in [-0.15, -0.1) is 11.3 Å². The fourth-order valence-corrected chi connectivity index (χ4v) is 2.99. The highest BCUT2D eigenvalue weighted by Crippen LogP contribution is 2.25. The van der Waals surface area contributed by atoms with Crippen LogP contribution >= 0.6 is 11.3 Å². The quantitative estimate of drug-likeness (QED) is 0.494. The van der Waals surface area contributed by atoms with Gasteiger partial charge in [0.1, 0.15) is 11.6 Å². The van der Waals surface area contributed by atoms with Gasteiger partial charge in [0.2, 0.25) is 0 Å². The van der Waals surface area contributed by atoms with Crippen LogP contribution in [-0.2, 0) is 6.54 Å². The van der Waals surface area contributed by atoms with Gasteiger partial charge in [-0.1, -0.05) is 19.9 Å². The Bertz CT molecular complexity index is 621. The number of benzene rings is 1. The zero-order valence-corrected chi connectivity index (χ0v) is 14.8. The molecule has 3 N–H and O–H groups in total. The van der Waals surface area contributed by atoms with Crippen LogP contribution in [0.1, 0.15) is 37.1 Å². The molecule has 1 heterocycles. The molecular formula is C18H25N3OS. The number of thiophene rings is 1. The lowest BCUT2D eigenvalue weighted by Gasteiger charge is -2.19. The molecule has 0 saturated carbocycles. The van der Waals surface area contributed by atoms with Crippen LogP contribution in [0.15, 0.2) is 35.7 Å². The first kappa shape index (κ1) is 17.5. The first-order valence-electron chi connectivity index (χ1n) is 8.01. The van der Waals surface area contributed by atoms with Gasteiger partial charge in [-0.2, -0.15) is 0 Å². The molecule has 2 rings (SSSR count). The lowest BCUT2D eigenvalue weighted by molar-refractivity contribution is 0.191. The number of hydrogen-bond donors (Lipinski definition) is 3. The fraction of sp³-hybridized carbons (Fsp3) is 0.389.